The van der Waals surface area contributed by atoms with Gasteiger partial charge in [-0.2, -0.15) is 0 Å². The second-order valence-corrected chi connectivity index (χ2v) is 8.09. The van der Waals surface area contributed by atoms with Crippen LogP contribution in [0.4, 0.5) is 0 Å². The van der Waals surface area contributed by atoms with E-state index in [0.29, 0.717) is 5.41 Å². The Morgan fingerprint density at radius 3 is 2.35 bits per heavy atom. The lowest BCUT2D eigenvalue weighted by molar-refractivity contribution is -0.0182. The fourth-order valence-corrected chi connectivity index (χ4v) is 6.00. The van der Waals surface area contributed by atoms with E-state index in [0.717, 1.165) is 48.7 Å². The molecule has 1 heterocycles. The van der Waals surface area contributed by atoms with E-state index in [1.807, 2.05) is 0 Å². The van der Waals surface area contributed by atoms with E-state index >= 15 is 0 Å². The number of hydrogen-bond donors (Lipinski definition) is 1. The lowest BCUT2D eigenvalue weighted by atomic mass is 9.49. The van der Waals surface area contributed by atoms with E-state index in [2.05, 4.69) is 0 Å². The standard InChI is InChI=1S/C17H24N2O/c18-13-1-2-14-15(6-13)20-16(19-14)17-7-10-3-11(8-17)5-12(4-10)9-17/h10-13H,1-9,18H2. The van der Waals surface area contributed by atoms with E-state index < -0.39 is 0 Å². The maximum Gasteiger partial charge on any atom is 0.200 e. The van der Waals surface area contributed by atoms with Crippen LogP contribution in [0.25, 0.3) is 0 Å². The van der Waals surface area contributed by atoms with Crippen molar-refractivity contribution in [2.24, 2.45) is 23.5 Å². The molecule has 0 aliphatic heterocycles. The zero-order chi connectivity index (χ0) is 13.3. The van der Waals surface area contributed by atoms with Gasteiger partial charge in [0, 0.05) is 17.9 Å². The molecule has 1 aromatic rings. The number of hydrogen-bond acceptors (Lipinski definition) is 3. The predicted molar refractivity (Wildman–Crippen MR) is 76.4 cm³/mol. The van der Waals surface area contributed by atoms with Gasteiger partial charge < -0.3 is 10.2 Å². The summed E-state index contributed by atoms with van der Waals surface area (Å²) < 4.78 is 6.27. The number of nitrogens with zero attached hydrogens (tertiary/aromatic N) is 1. The summed E-state index contributed by atoms with van der Waals surface area (Å²) in [6.07, 6.45) is 11.4. The molecule has 5 aliphatic carbocycles. The third kappa shape index (κ3) is 1.59. The summed E-state index contributed by atoms with van der Waals surface area (Å²) >= 11 is 0. The van der Waals surface area contributed by atoms with Crippen LogP contribution in [0.5, 0.6) is 0 Å². The number of aromatic nitrogens is 1. The third-order valence-electron chi connectivity index (χ3n) is 6.47. The predicted octanol–water partition coefficient (Wildman–Crippen LogP) is 2.96. The quantitative estimate of drug-likeness (QED) is 0.855. The molecule has 4 bridgehead atoms. The van der Waals surface area contributed by atoms with Crippen LogP contribution >= 0.6 is 0 Å². The minimum atomic E-state index is 0.277. The SMILES string of the molecule is NC1CCc2nc(C34CC5CC(CC(C5)C3)C4)oc2C1. The first-order valence-corrected chi connectivity index (χ1v) is 8.45. The Balaban J connectivity index is 1.53. The Hall–Kier alpha value is -0.830. The highest BCUT2D eigenvalue weighted by molar-refractivity contribution is 5.22. The van der Waals surface area contributed by atoms with Crippen molar-refractivity contribution in [2.45, 2.75) is 69.2 Å². The molecule has 0 aromatic carbocycles. The Labute approximate surface area is 120 Å². The highest BCUT2D eigenvalue weighted by Gasteiger charge is 2.54. The molecular weight excluding hydrogens is 248 g/mol. The van der Waals surface area contributed by atoms with Crippen molar-refractivity contribution in [3.8, 4) is 0 Å². The van der Waals surface area contributed by atoms with E-state index in [1.54, 1.807) is 0 Å². The molecule has 6 rings (SSSR count). The molecule has 3 heteroatoms. The monoisotopic (exact) mass is 272 g/mol. The van der Waals surface area contributed by atoms with Gasteiger partial charge in [-0.25, -0.2) is 4.98 Å². The minimum Gasteiger partial charge on any atom is -0.445 e. The van der Waals surface area contributed by atoms with Gasteiger partial charge in [-0.15, -0.1) is 0 Å². The molecule has 0 radical (unpaired) electrons. The summed E-state index contributed by atoms with van der Waals surface area (Å²) in [5, 5.41) is 0. The van der Waals surface area contributed by atoms with Crippen molar-refractivity contribution in [1.29, 1.82) is 0 Å². The van der Waals surface area contributed by atoms with Crippen LogP contribution in [-0.4, -0.2) is 11.0 Å². The largest absolute Gasteiger partial charge is 0.445 e. The number of oxazole rings is 1. The van der Waals surface area contributed by atoms with Crippen LogP contribution in [-0.2, 0) is 18.3 Å². The molecule has 0 spiro atoms. The molecule has 3 nitrogen and oxygen atoms in total. The molecule has 2 N–H and O–H groups in total. The highest BCUT2D eigenvalue weighted by Crippen LogP contribution is 2.60. The molecular formula is C17H24N2O. The summed E-state index contributed by atoms with van der Waals surface area (Å²) in [5.74, 6) is 5.05. The minimum absolute atomic E-state index is 0.277. The number of aryl methyl sites for hydroxylation is 1. The van der Waals surface area contributed by atoms with Gasteiger partial charge in [0.25, 0.3) is 0 Å². The van der Waals surface area contributed by atoms with Crippen molar-refractivity contribution in [3.05, 3.63) is 17.3 Å². The summed E-state index contributed by atoms with van der Waals surface area (Å²) in [4.78, 5) is 4.95. The van der Waals surface area contributed by atoms with Gasteiger partial charge in [-0.1, -0.05) is 0 Å². The van der Waals surface area contributed by atoms with Crippen molar-refractivity contribution < 1.29 is 4.42 Å². The smallest absolute Gasteiger partial charge is 0.200 e. The van der Waals surface area contributed by atoms with Gasteiger partial charge in [0.2, 0.25) is 5.89 Å². The topological polar surface area (TPSA) is 52.0 Å². The summed E-state index contributed by atoms with van der Waals surface area (Å²) in [5.41, 5.74) is 7.60. The lowest BCUT2D eigenvalue weighted by Crippen LogP contribution is -2.48. The highest BCUT2D eigenvalue weighted by atomic mass is 16.4. The molecule has 5 aliphatic rings. The second-order valence-electron chi connectivity index (χ2n) is 8.09. The van der Waals surface area contributed by atoms with Gasteiger partial charge >= 0.3 is 0 Å². The van der Waals surface area contributed by atoms with E-state index in [-0.39, 0.29) is 6.04 Å². The van der Waals surface area contributed by atoms with Crippen molar-refractivity contribution in [2.75, 3.05) is 0 Å². The Morgan fingerprint density at radius 1 is 1.05 bits per heavy atom. The van der Waals surface area contributed by atoms with Crippen molar-refractivity contribution in [3.63, 3.8) is 0 Å². The lowest BCUT2D eigenvalue weighted by Gasteiger charge is -2.55. The number of nitrogens with two attached hydrogens (primary N) is 1. The normalized spacial score (nSPS) is 45.6. The van der Waals surface area contributed by atoms with E-state index in [9.17, 15) is 0 Å². The Morgan fingerprint density at radius 2 is 1.70 bits per heavy atom. The second kappa shape index (κ2) is 3.88. The van der Waals surface area contributed by atoms with Crippen molar-refractivity contribution >= 4 is 0 Å². The van der Waals surface area contributed by atoms with Crippen LogP contribution in [0.15, 0.2) is 4.42 Å². The van der Waals surface area contributed by atoms with Crippen molar-refractivity contribution in [1.82, 2.24) is 4.98 Å². The number of rotatable bonds is 1. The van der Waals surface area contributed by atoms with Gasteiger partial charge in [-0.3, -0.25) is 0 Å². The van der Waals surface area contributed by atoms with Gasteiger partial charge in [0.1, 0.15) is 5.76 Å². The van der Waals surface area contributed by atoms with Crippen LogP contribution in [0.3, 0.4) is 0 Å². The molecule has 0 amide bonds. The Kier molecular flexibility index (Phi) is 2.29. The first-order chi connectivity index (χ1) is 9.70. The van der Waals surface area contributed by atoms with Crippen LogP contribution in [0.2, 0.25) is 0 Å². The first kappa shape index (κ1) is 11.8. The van der Waals surface area contributed by atoms with E-state index in [4.69, 9.17) is 15.1 Å². The van der Waals surface area contributed by atoms with Crippen LogP contribution < -0.4 is 5.73 Å². The molecule has 0 saturated heterocycles. The average Bonchev–Trinajstić information content (AvgIpc) is 2.80. The van der Waals surface area contributed by atoms with Crippen LogP contribution in [0, 0.1) is 17.8 Å². The van der Waals surface area contributed by atoms with E-state index in [1.165, 1.54) is 44.2 Å². The van der Waals surface area contributed by atoms with Gasteiger partial charge in [0.15, 0.2) is 0 Å². The molecule has 20 heavy (non-hydrogen) atoms. The average molecular weight is 272 g/mol. The molecule has 108 valence electrons. The molecule has 1 aromatic heterocycles. The van der Waals surface area contributed by atoms with Gasteiger partial charge in [-0.05, 0) is 69.1 Å². The first-order valence-electron chi connectivity index (χ1n) is 8.45. The molecule has 4 saturated carbocycles. The summed E-state index contributed by atoms with van der Waals surface area (Å²) in [6.45, 7) is 0. The van der Waals surface area contributed by atoms with Crippen LogP contribution in [0.1, 0.15) is 62.3 Å². The number of fused-ring (bicyclic) bond motifs is 1. The molecule has 1 unspecified atom stereocenters. The maximum absolute atomic E-state index is 6.27. The summed E-state index contributed by atoms with van der Waals surface area (Å²) in [6, 6.07) is 0.277. The maximum atomic E-state index is 6.27. The fourth-order valence-electron chi connectivity index (χ4n) is 6.00. The Bertz CT molecular complexity index is 512. The summed E-state index contributed by atoms with van der Waals surface area (Å²) in [7, 11) is 0. The molecule has 1 atom stereocenters. The zero-order valence-corrected chi connectivity index (χ0v) is 12.1. The fraction of sp³-hybridized carbons (Fsp3) is 0.824. The third-order valence-corrected chi connectivity index (χ3v) is 6.47. The van der Waals surface area contributed by atoms with Gasteiger partial charge in [0.05, 0.1) is 5.69 Å². The zero-order valence-electron chi connectivity index (χ0n) is 12.1. The molecule has 4 fully saturated rings.